The third kappa shape index (κ3) is 6.10. The minimum atomic E-state index is -4.36. The van der Waals surface area contributed by atoms with Crippen LogP contribution in [0.1, 0.15) is 29.4 Å². The highest BCUT2D eigenvalue weighted by atomic mass is 19.4. The van der Waals surface area contributed by atoms with Gasteiger partial charge in [-0.15, -0.1) is 0 Å². The first-order chi connectivity index (χ1) is 14.5. The van der Waals surface area contributed by atoms with E-state index >= 15 is 0 Å². The van der Waals surface area contributed by atoms with Crippen molar-refractivity contribution in [1.82, 2.24) is 20.2 Å². The third-order valence-electron chi connectivity index (χ3n) is 4.43. The molecule has 0 fully saturated rings. The van der Waals surface area contributed by atoms with E-state index in [0.717, 1.165) is 18.0 Å². The van der Waals surface area contributed by atoms with E-state index in [4.69, 9.17) is 0 Å². The van der Waals surface area contributed by atoms with E-state index in [1.54, 1.807) is 12.3 Å². The highest BCUT2D eigenvalue weighted by Crippen LogP contribution is 2.29. The summed E-state index contributed by atoms with van der Waals surface area (Å²) in [5, 5.41) is 6.31. The molecule has 8 heteroatoms. The van der Waals surface area contributed by atoms with E-state index in [2.05, 4.69) is 32.7 Å². The molecule has 2 aromatic carbocycles. The van der Waals surface area contributed by atoms with Crippen LogP contribution in [0.3, 0.4) is 0 Å². The number of benzene rings is 2. The first kappa shape index (κ1) is 21.4. The molecule has 5 nitrogen and oxygen atoms in total. The van der Waals surface area contributed by atoms with Crippen molar-refractivity contribution in [2.24, 2.45) is 4.99 Å². The molecule has 0 aliphatic rings. The van der Waals surface area contributed by atoms with Gasteiger partial charge in [0.15, 0.2) is 5.96 Å². The molecule has 0 bridgehead atoms. The minimum absolute atomic E-state index is 0.137. The van der Waals surface area contributed by atoms with Crippen LogP contribution in [0.4, 0.5) is 13.2 Å². The zero-order valence-electron chi connectivity index (χ0n) is 16.7. The third-order valence-corrected chi connectivity index (χ3v) is 4.43. The van der Waals surface area contributed by atoms with Crippen molar-refractivity contribution >= 4 is 5.96 Å². The second-order valence-electron chi connectivity index (χ2n) is 6.70. The van der Waals surface area contributed by atoms with Crippen LogP contribution >= 0.6 is 0 Å². The Kier molecular flexibility index (Phi) is 7.11. The summed E-state index contributed by atoms with van der Waals surface area (Å²) in [5.74, 6) is 1.35. The van der Waals surface area contributed by atoms with Gasteiger partial charge in [0.1, 0.15) is 5.82 Å². The van der Waals surface area contributed by atoms with E-state index < -0.39 is 11.7 Å². The summed E-state index contributed by atoms with van der Waals surface area (Å²) in [6.45, 7) is 3.84. The average molecular weight is 415 g/mol. The number of alkyl halides is 3. The molecule has 0 spiro atoms. The van der Waals surface area contributed by atoms with E-state index in [1.807, 2.05) is 35.9 Å². The van der Waals surface area contributed by atoms with Crippen molar-refractivity contribution in [3.05, 3.63) is 89.5 Å². The van der Waals surface area contributed by atoms with Gasteiger partial charge < -0.3 is 15.2 Å². The molecule has 0 aliphatic carbocycles. The maximum Gasteiger partial charge on any atom is 0.416 e. The first-order valence-electron chi connectivity index (χ1n) is 9.68. The summed E-state index contributed by atoms with van der Waals surface area (Å²) in [7, 11) is 0. The monoisotopic (exact) mass is 415 g/mol. The highest BCUT2D eigenvalue weighted by Gasteiger charge is 2.30. The maximum atomic E-state index is 12.9. The molecule has 0 aliphatic heterocycles. The van der Waals surface area contributed by atoms with Crippen molar-refractivity contribution in [3.63, 3.8) is 0 Å². The smallest absolute Gasteiger partial charge is 0.357 e. The summed E-state index contributed by atoms with van der Waals surface area (Å²) >= 11 is 0. The number of halogens is 3. The first-order valence-corrected chi connectivity index (χ1v) is 9.68. The Morgan fingerprint density at radius 3 is 2.53 bits per heavy atom. The summed E-state index contributed by atoms with van der Waals surface area (Å²) in [4.78, 5) is 8.80. The number of nitrogens with one attached hydrogen (secondary N) is 2. The normalized spacial score (nSPS) is 12.1. The molecule has 30 heavy (non-hydrogen) atoms. The molecule has 1 heterocycles. The predicted molar refractivity (Wildman–Crippen MR) is 111 cm³/mol. The molecule has 0 saturated heterocycles. The topological polar surface area (TPSA) is 54.2 Å². The molecular formula is C22H24F3N5. The van der Waals surface area contributed by atoms with E-state index in [1.165, 1.54) is 11.6 Å². The van der Waals surface area contributed by atoms with Gasteiger partial charge in [0.25, 0.3) is 0 Å². The Morgan fingerprint density at radius 2 is 1.80 bits per heavy atom. The van der Waals surface area contributed by atoms with Crippen molar-refractivity contribution < 1.29 is 13.2 Å². The molecule has 0 unspecified atom stereocenters. The molecule has 3 aromatic rings. The summed E-state index contributed by atoms with van der Waals surface area (Å²) < 4.78 is 40.7. The Labute approximate surface area is 173 Å². The largest absolute Gasteiger partial charge is 0.416 e. The van der Waals surface area contributed by atoms with Gasteiger partial charge in [0, 0.05) is 25.5 Å². The molecular weight excluding hydrogens is 391 g/mol. The quantitative estimate of drug-likeness (QED) is 0.449. The van der Waals surface area contributed by atoms with E-state index in [0.29, 0.717) is 31.2 Å². The number of hydrogen-bond donors (Lipinski definition) is 2. The number of guanidine groups is 1. The average Bonchev–Trinajstić information content (AvgIpc) is 3.17. The van der Waals surface area contributed by atoms with Crippen LogP contribution in [-0.4, -0.2) is 22.1 Å². The zero-order chi connectivity index (χ0) is 21.4. The predicted octanol–water partition coefficient (Wildman–Crippen LogP) is 4.21. The zero-order valence-corrected chi connectivity index (χ0v) is 16.7. The molecule has 3 rings (SSSR count). The summed E-state index contributed by atoms with van der Waals surface area (Å²) in [6, 6.07) is 15.3. The van der Waals surface area contributed by atoms with Gasteiger partial charge in [-0.3, -0.25) is 0 Å². The fourth-order valence-electron chi connectivity index (χ4n) is 2.95. The van der Waals surface area contributed by atoms with Crippen molar-refractivity contribution in [2.75, 3.05) is 6.54 Å². The van der Waals surface area contributed by atoms with Gasteiger partial charge in [-0.2, -0.15) is 13.2 Å². The van der Waals surface area contributed by atoms with Gasteiger partial charge in [0.05, 0.1) is 18.7 Å². The van der Waals surface area contributed by atoms with Crippen molar-refractivity contribution in [1.29, 1.82) is 0 Å². The number of aliphatic imine (C=N–C) groups is 1. The summed E-state index contributed by atoms with van der Waals surface area (Å²) in [6.07, 6.45) is -0.707. The Bertz CT molecular complexity index is 964. The van der Waals surface area contributed by atoms with Gasteiger partial charge in [-0.05, 0) is 30.2 Å². The van der Waals surface area contributed by atoms with Gasteiger partial charge in [-0.1, -0.05) is 42.5 Å². The Morgan fingerprint density at radius 1 is 1.03 bits per heavy atom. The van der Waals surface area contributed by atoms with E-state index in [-0.39, 0.29) is 6.54 Å². The fraction of sp³-hybridized carbons (Fsp3) is 0.273. The fourth-order valence-corrected chi connectivity index (χ4v) is 2.95. The number of rotatable bonds is 7. The lowest BCUT2D eigenvalue weighted by Gasteiger charge is -2.13. The molecule has 1 aromatic heterocycles. The van der Waals surface area contributed by atoms with Crippen LogP contribution in [-0.2, 0) is 25.8 Å². The molecule has 2 N–H and O–H groups in total. The second kappa shape index (κ2) is 9.96. The Balaban J connectivity index is 1.65. The molecule has 0 saturated carbocycles. The molecule has 0 amide bonds. The molecule has 0 atom stereocenters. The van der Waals surface area contributed by atoms with Crippen LogP contribution in [0.25, 0.3) is 0 Å². The van der Waals surface area contributed by atoms with Gasteiger partial charge >= 0.3 is 6.18 Å². The van der Waals surface area contributed by atoms with Crippen molar-refractivity contribution in [3.8, 4) is 0 Å². The number of imidazole rings is 1. The van der Waals surface area contributed by atoms with Crippen molar-refractivity contribution in [2.45, 2.75) is 32.7 Å². The molecule has 158 valence electrons. The van der Waals surface area contributed by atoms with Crippen LogP contribution in [0.2, 0.25) is 0 Å². The van der Waals surface area contributed by atoms with Gasteiger partial charge in [0.2, 0.25) is 0 Å². The van der Waals surface area contributed by atoms with Crippen LogP contribution in [0.15, 0.2) is 72.0 Å². The standard InChI is InChI=1S/C22H24F3N5/c1-2-26-21(28-14-18-9-6-10-19(13-18)22(23,24)25)29-15-20-27-11-12-30(20)16-17-7-4-3-5-8-17/h3-13H,2,14-16H2,1H3,(H2,26,28,29). The highest BCUT2D eigenvalue weighted by molar-refractivity contribution is 5.79. The number of aromatic nitrogens is 2. The SMILES string of the molecule is CCNC(=NCc1cccc(C(F)(F)F)c1)NCc1nccn1Cc1ccccc1. The summed E-state index contributed by atoms with van der Waals surface area (Å²) in [5.41, 5.74) is 0.991. The number of nitrogens with zero attached hydrogens (tertiary/aromatic N) is 3. The lowest BCUT2D eigenvalue weighted by Crippen LogP contribution is -2.37. The molecule has 0 radical (unpaired) electrons. The van der Waals surface area contributed by atoms with E-state index in [9.17, 15) is 13.2 Å². The maximum absolute atomic E-state index is 12.9. The van der Waals surface area contributed by atoms with Crippen LogP contribution < -0.4 is 10.6 Å². The second-order valence-corrected chi connectivity index (χ2v) is 6.70. The van der Waals surface area contributed by atoms with Crippen LogP contribution in [0.5, 0.6) is 0 Å². The minimum Gasteiger partial charge on any atom is -0.357 e. The van der Waals surface area contributed by atoms with Crippen LogP contribution in [0, 0.1) is 0 Å². The lowest BCUT2D eigenvalue weighted by molar-refractivity contribution is -0.137. The lowest BCUT2D eigenvalue weighted by atomic mass is 10.1. The number of hydrogen-bond acceptors (Lipinski definition) is 2. The Hall–Kier alpha value is -3.29. The van der Waals surface area contributed by atoms with Gasteiger partial charge in [-0.25, -0.2) is 9.98 Å².